The van der Waals surface area contributed by atoms with Gasteiger partial charge in [0.1, 0.15) is 60.8 Å². The number of fused-ring (bicyclic) bond motifs is 2. The molecule has 0 fully saturated rings. The molecule has 2 aromatic heterocycles. The predicted octanol–water partition coefficient (Wildman–Crippen LogP) is 6.42. The minimum absolute atomic E-state index is 0.00382. The van der Waals surface area contributed by atoms with Crippen LogP contribution in [0.15, 0.2) is 135 Å². The molecule has 0 aliphatic heterocycles. The van der Waals surface area contributed by atoms with Crippen molar-refractivity contribution in [2.75, 3.05) is 40.2 Å². The number of phenolic OH excluding ortho intramolecular Hbond substituents is 2. The number of benzene rings is 6. The Hall–Kier alpha value is -9.03. The van der Waals surface area contributed by atoms with E-state index >= 15 is 0 Å². The molecule has 0 spiro atoms. The molecule has 13 N–H and O–H groups in total. The summed E-state index contributed by atoms with van der Waals surface area (Å²) in [6.45, 7) is 4.60. The normalized spacial score (nSPS) is 12.9. The molecular formula is C45H36BCl2N15O22S6. The van der Waals surface area contributed by atoms with E-state index in [1.54, 1.807) is 6.92 Å². The van der Waals surface area contributed by atoms with E-state index in [0.717, 1.165) is 18.2 Å². The van der Waals surface area contributed by atoms with E-state index in [2.05, 4.69) is 78.2 Å². The van der Waals surface area contributed by atoms with E-state index in [-0.39, 0.29) is 57.9 Å². The second kappa shape index (κ2) is 25.3. The van der Waals surface area contributed by atoms with Crippen LogP contribution in [0.1, 0.15) is 6.92 Å². The number of azo groups is 2. The number of ether oxygens (including phenoxy) is 1. The van der Waals surface area contributed by atoms with Gasteiger partial charge in [-0.25, -0.2) is 0 Å². The molecule has 1 atom stereocenters. The zero-order valence-electron chi connectivity index (χ0n) is 45.0. The second-order valence-electron chi connectivity index (χ2n) is 18.2. The van der Waals surface area contributed by atoms with Crippen molar-refractivity contribution in [3.8, 4) is 17.2 Å². The highest BCUT2D eigenvalue weighted by Crippen LogP contribution is 2.47. The molecule has 0 aliphatic rings. The van der Waals surface area contributed by atoms with Crippen LogP contribution in [0.5, 0.6) is 17.2 Å². The Morgan fingerprint density at radius 3 is 1.67 bits per heavy atom. The van der Waals surface area contributed by atoms with Crippen LogP contribution in [0.25, 0.3) is 21.5 Å². The molecule has 0 saturated heterocycles. The van der Waals surface area contributed by atoms with Crippen molar-refractivity contribution in [1.82, 2.24) is 29.9 Å². The molecule has 0 bridgehead atoms. The topological polar surface area (TPSA) is 580 Å². The van der Waals surface area contributed by atoms with Crippen LogP contribution < -0.4 is 31.3 Å². The van der Waals surface area contributed by atoms with E-state index in [0.29, 0.717) is 24.3 Å². The molecule has 8 rings (SSSR count). The maximum Gasteiger partial charge on any atom is 0.296 e. The summed E-state index contributed by atoms with van der Waals surface area (Å²) in [6, 6.07) is 9.59. The van der Waals surface area contributed by atoms with Crippen LogP contribution >= 0.6 is 23.2 Å². The Balaban J connectivity index is 1.06. The highest BCUT2D eigenvalue weighted by atomic mass is 35.5. The summed E-state index contributed by atoms with van der Waals surface area (Å²) < 4.78 is 215. The molecule has 476 valence electrons. The van der Waals surface area contributed by atoms with Crippen molar-refractivity contribution in [3.05, 3.63) is 95.4 Å². The van der Waals surface area contributed by atoms with Crippen LogP contribution in [0.2, 0.25) is 10.6 Å². The van der Waals surface area contributed by atoms with E-state index in [1.165, 1.54) is 31.4 Å². The molecule has 8 aromatic rings. The SMILES string of the molecule is [B]C(=C)C(=O)Nc1cc(N=Nc2c(S(=O)(=O)O)cc3cc(S(=O)(=O)O)cc(Nc4nc(Cl)nc(NC(C)CNc5nc(Cl)nc(Nc6ccc7c(O)c(N=Nc8ccc(OC)cc8S(=O)(=O)O)c(S(=O)(=O)O)cc7c6)n5)n4)c3c2O)c(S(=O)(=O)O)cc1S(=O)(=O)O. The number of amides is 1. The average Bonchev–Trinajstić information content (AvgIpc) is 0.771. The minimum Gasteiger partial charge on any atom is -0.505 e. The van der Waals surface area contributed by atoms with E-state index in [4.69, 9.17) is 35.8 Å². The van der Waals surface area contributed by atoms with Crippen LogP contribution in [0, 0.1) is 0 Å². The first-order valence-electron chi connectivity index (χ1n) is 23.9. The van der Waals surface area contributed by atoms with Crippen LogP contribution in [-0.4, -0.2) is 151 Å². The molecule has 2 heterocycles. The van der Waals surface area contributed by atoms with Crippen LogP contribution in [-0.2, 0) is 65.5 Å². The summed E-state index contributed by atoms with van der Waals surface area (Å²) >= 11 is 12.5. The number of nitrogens with one attached hydrogen (secondary N) is 5. The number of hydrogen-bond donors (Lipinski definition) is 13. The van der Waals surface area contributed by atoms with Crippen molar-refractivity contribution in [3.63, 3.8) is 0 Å². The third-order valence-corrected chi connectivity index (χ3v) is 17.4. The molecular weight excluding hydrogens is 1380 g/mol. The van der Waals surface area contributed by atoms with Crippen molar-refractivity contribution < 1.29 is 97.6 Å². The maximum atomic E-state index is 12.8. The summed E-state index contributed by atoms with van der Waals surface area (Å²) in [4.78, 5) is 29.8. The number of aromatic nitrogens is 6. The Kier molecular flexibility index (Phi) is 18.9. The Morgan fingerprint density at radius 2 is 1.10 bits per heavy atom. The number of aromatic hydroxyl groups is 2. The molecule has 0 saturated carbocycles. The fraction of sp³-hybridized carbons (Fsp3) is 0.0889. The lowest BCUT2D eigenvalue weighted by atomic mass is 9.97. The summed E-state index contributed by atoms with van der Waals surface area (Å²) in [5.41, 5.74) is -5.93. The van der Waals surface area contributed by atoms with Gasteiger partial charge in [0.15, 0.2) is 11.5 Å². The molecule has 6 aromatic carbocycles. The zero-order chi connectivity index (χ0) is 67.2. The van der Waals surface area contributed by atoms with Gasteiger partial charge in [0.2, 0.25) is 40.3 Å². The molecule has 2 radical (unpaired) electrons. The summed E-state index contributed by atoms with van der Waals surface area (Å²) in [7, 11) is -25.5. The summed E-state index contributed by atoms with van der Waals surface area (Å²) in [5, 5.41) is 48.2. The smallest absolute Gasteiger partial charge is 0.296 e. The van der Waals surface area contributed by atoms with E-state index in [9.17, 15) is 92.8 Å². The Bertz CT molecular complexity index is 5220. The third-order valence-electron chi connectivity index (χ3n) is 11.8. The van der Waals surface area contributed by atoms with Crippen molar-refractivity contribution >= 4 is 183 Å². The maximum absolute atomic E-state index is 12.8. The molecule has 1 unspecified atom stereocenters. The van der Waals surface area contributed by atoms with Gasteiger partial charge >= 0.3 is 0 Å². The molecule has 91 heavy (non-hydrogen) atoms. The molecule has 37 nitrogen and oxygen atoms in total. The highest BCUT2D eigenvalue weighted by molar-refractivity contribution is 7.87. The zero-order valence-corrected chi connectivity index (χ0v) is 51.4. The van der Waals surface area contributed by atoms with Gasteiger partial charge in [-0.3, -0.25) is 32.1 Å². The van der Waals surface area contributed by atoms with Gasteiger partial charge < -0.3 is 41.5 Å². The van der Waals surface area contributed by atoms with Gasteiger partial charge in [-0.2, -0.15) is 80.4 Å². The Labute approximate surface area is 522 Å². The van der Waals surface area contributed by atoms with Crippen molar-refractivity contribution in [2.24, 2.45) is 20.5 Å². The number of nitrogens with zero attached hydrogens (tertiary/aromatic N) is 10. The number of halogens is 2. The largest absolute Gasteiger partial charge is 0.505 e. The van der Waals surface area contributed by atoms with Gasteiger partial charge in [0.25, 0.3) is 60.7 Å². The van der Waals surface area contributed by atoms with Gasteiger partial charge in [0, 0.05) is 35.1 Å². The molecule has 0 aliphatic carbocycles. The fourth-order valence-electron chi connectivity index (χ4n) is 7.91. The van der Waals surface area contributed by atoms with Gasteiger partial charge in [0.05, 0.1) is 23.4 Å². The van der Waals surface area contributed by atoms with Crippen LogP contribution in [0.3, 0.4) is 0 Å². The number of hydrogen-bond acceptors (Lipinski definition) is 30. The lowest BCUT2D eigenvalue weighted by molar-refractivity contribution is -0.112. The fourth-order valence-corrected chi connectivity index (χ4v) is 12.1. The minimum atomic E-state index is -5.60. The van der Waals surface area contributed by atoms with Crippen molar-refractivity contribution in [1.29, 1.82) is 0 Å². The first kappa shape index (κ1) is 67.9. The first-order chi connectivity index (χ1) is 42.1. The average molecular weight is 1410 g/mol. The number of anilines is 7. The van der Waals surface area contributed by atoms with Crippen molar-refractivity contribution in [2.45, 2.75) is 42.3 Å². The van der Waals surface area contributed by atoms with E-state index in [1.807, 2.05) is 5.32 Å². The van der Waals surface area contributed by atoms with Gasteiger partial charge in [-0.05, 0) is 113 Å². The highest BCUT2D eigenvalue weighted by Gasteiger charge is 2.30. The number of carbonyl (C=O) groups excluding carboxylic acids is 1. The number of carbonyl (C=O) groups is 1. The summed E-state index contributed by atoms with van der Waals surface area (Å²) in [6.07, 6.45) is 0. The van der Waals surface area contributed by atoms with Gasteiger partial charge in [-0.1, -0.05) is 0 Å². The molecule has 1 amide bonds. The monoisotopic (exact) mass is 1410 g/mol. The number of rotatable bonds is 22. The quantitative estimate of drug-likeness (QED) is 0.0151. The third kappa shape index (κ3) is 15.9. The van der Waals surface area contributed by atoms with Gasteiger partial charge in [-0.15, -0.1) is 27.0 Å². The second-order valence-corrected chi connectivity index (χ2v) is 27.3. The summed E-state index contributed by atoms with van der Waals surface area (Å²) in [5.74, 6) is -4.75. The van der Waals surface area contributed by atoms with E-state index < -0.39 is 175 Å². The number of phenols is 2. The lowest BCUT2D eigenvalue weighted by Gasteiger charge is -2.17. The van der Waals surface area contributed by atoms with Crippen LogP contribution in [0.4, 0.5) is 63.6 Å². The molecule has 46 heteroatoms. The predicted molar refractivity (Wildman–Crippen MR) is 319 cm³/mol. The number of methoxy groups -OCH3 is 1. The first-order valence-corrected chi connectivity index (χ1v) is 33.3. The Morgan fingerprint density at radius 1 is 0.571 bits per heavy atom. The lowest BCUT2D eigenvalue weighted by Crippen LogP contribution is -2.27. The standard InChI is InChI=1S/C45H36BCl2N15O22S6/c1-17(16-49-42-54-40(47)56-44(58-42)51-21-4-6-24-19(8-21)10-32(90(79,80)81)35(37(24)64)62-60-25-7-5-22(85-3)12-29(25)87(70,71)72)50-43-55-41(48)57-45(59-43)53-28-13-23(86(67,68)69)9-20-11-33(91(82,83)84)36(38(65)34(20)28)63-61-27-14-26(52-39(66)18(2)46)30(88(73,74)75)15-31(27)89(76,77)78/h4-15,17,64-65H,2,16H2,1,3H3,(H,52,66)(H,67,68,69)(H,70,71,72)(H,73,74,75)(H,76,77,78)(H,79,80,81)(H,82,83,84)(H2,49,51,54,56,58)(H2,50,53,55,57,59).